The van der Waals surface area contributed by atoms with Crippen molar-refractivity contribution < 1.29 is 8.42 Å². The van der Waals surface area contributed by atoms with Gasteiger partial charge >= 0.3 is 0 Å². The topological polar surface area (TPSA) is 49.4 Å². The van der Waals surface area contributed by atoms with Crippen LogP contribution in [0.5, 0.6) is 0 Å². The number of hydrogen-bond acceptors (Lipinski definition) is 4. The summed E-state index contributed by atoms with van der Waals surface area (Å²) in [5, 5.41) is 5.13. The first-order valence-corrected chi connectivity index (χ1v) is 9.33. The van der Waals surface area contributed by atoms with E-state index in [9.17, 15) is 8.42 Å². The maximum absolute atomic E-state index is 12.8. The zero-order chi connectivity index (χ0) is 14.6. The fraction of sp³-hybridized carbons (Fsp3) is 0.571. The van der Waals surface area contributed by atoms with Gasteiger partial charge in [0.1, 0.15) is 0 Å². The lowest BCUT2D eigenvalue weighted by atomic mass is 10.4. The molecular weight excluding hydrogens is 292 g/mol. The normalized spacial score (nSPS) is 15.7. The van der Waals surface area contributed by atoms with E-state index in [2.05, 4.69) is 18.8 Å². The van der Waals surface area contributed by atoms with Gasteiger partial charge in [0.25, 0.3) is 0 Å². The third kappa shape index (κ3) is 3.49. The SMILES string of the molecule is C=CCN(C1CC1)S(=O)(=O)c1ccsc1CNCCC. The highest BCUT2D eigenvalue weighted by Crippen LogP contribution is 2.34. The van der Waals surface area contributed by atoms with E-state index in [1.807, 2.05) is 5.38 Å². The number of sulfonamides is 1. The van der Waals surface area contributed by atoms with Gasteiger partial charge in [-0.15, -0.1) is 17.9 Å². The van der Waals surface area contributed by atoms with Crippen LogP contribution in [-0.4, -0.2) is 31.9 Å². The second-order valence-corrected chi connectivity index (χ2v) is 7.84. The first kappa shape index (κ1) is 15.7. The van der Waals surface area contributed by atoms with Crippen LogP contribution < -0.4 is 5.32 Å². The molecule has 2 rings (SSSR count). The number of nitrogens with one attached hydrogen (secondary N) is 1. The van der Waals surface area contributed by atoms with Crippen LogP contribution in [0.15, 0.2) is 29.0 Å². The summed E-state index contributed by atoms with van der Waals surface area (Å²) in [6.07, 6.45) is 4.62. The molecule has 0 aromatic carbocycles. The molecule has 0 saturated heterocycles. The molecule has 20 heavy (non-hydrogen) atoms. The zero-order valence-corrected chi connectivity index (χ0v) is 13.5. The Labute approximate surface area is 125 Å². The maximum atomic E-state index is 12.8. The van der Waals surface area contributed by atoms with Crippen molar-refractivity contribution in [1.29, 1.82) is 0 Å². The fourth-order valence-electron chi connectivity index (χ4n) is 2.13. The van der Waals surface area contributed by atoms with Crippen LogP contribution in [-0.2, 0) is 16.6 Å². The Morgan fingerprint density at radius 2 is 2.30 bits per heavy atom. The smallest absolute Gasteiger partial charge is 0.244 e. The lowest BCUT2D eigenvalue weighted by Crippen LogP contribution is -2.33. The predicted molar refractivity (Wildman–Crippen MR) is 83.4 cm³/mol. The molecule has 1 fully saturated rings. The van der Waals surface area contributed by atoms with Crippen molar-refractivity contribution in [3.05, 3.63) is 29.0 Å². The van der Waals surface area contributed by atoms with Crippen LogP contribution in [0, 0.1) is 0 Å². The zero-order valence-electron chi connectivity index (χ0n) is 11.8. The average molecular weight is 314 g/mol. The fourth-order valence-corrected chi connectivity index (χ4v) is 5.17. The van der Waals surface area contributed by atoms with Crippen molar-refractivity contribution >= 4 is 21.4 Å². The Kier molecular flexibility index (Phi) is 5.37. The molecule has 1 N–H and O–H groups in total. The van der Waals surface area contributed by atoms with E-state index in [0.717, 1.165) is 30.7 Å². The molecule has 1 aromatic heterocycles. The van der Waals surface area contributed by atoms with E-state index < -0.39 is 10.0 Å². The van der Waals surface area contributed by atoms with Gasteiger partial charge in [0.05, 0.1) is 4.90 Å². The average Bonchev–Trinajstić information content (AvgIpc) is 3.13. The quantitative estimate of drug-likeness (QED) is 0.563. The van der Waals surface area contributed by atoms with E-state index in [4.69, 9.17) is 0 Å². The number of rotatable bonds is 9. The largest absolute Gasteiger partial charge is 0.312 e. The van der Waals surface area contributed by atoms with E-state index in [-0.39, 0.29) is 6.04 Å². The van der Waals surface area contributed by atoms with Crippen LogP contribution in [0.25, 0.3) is 0 Å². The van der Waals surface area contributed by atoms with E-state index in [1.165, 1.54) is 11.3 Å². The van der Waals surface area contributed by atoms with Gasteiger partial charge in [0.15, 0.2) is 0 Å². The van der Waals surface area contributed by atoms with Crippen molar-refractivity contribution in [1.82, 2.24) is 9.62 Å². The molecule has 1 aromatic rings. The molecule has 0 amide bonds. The molecule has 112 valence electrons. The Morgan fingerprint density at radius 1 is 1.55 bits per heavy atom. The first-order valence-electron chi connectivity index (χ1n) is 7.01. The van der Waals surface area contributed by atoms with E-state index in [0.29, 0.717) is 18.0 Å². The number of nitrogens with zero attached hydrogens (tertiary/aromatic N) is 1. The summed E-state index contributed by atoms with van der Waals surface area (Å²) in [5.74, 6) is 0. The molecule has 1 aliphatic rings. The summed E-state index contributed by atoms with van der Waals surface area (Å²) in [4.78, 5) is 1.35. The maximum Gasteiger partial charge on any atom is 0.244 e. The molecule has 1 aliphatic carbocycles. The minimum absolute atomic E-state index is 0.161. The van der Waals surface area contributed by atoms with Crippen molar-refractivity contribution in [2.24, 2.45) is 0 Å². The standard InChI is InChI=1S/C14H22N2O2S2/c1-3-8-15-11-13-14(7-10-19-13)20(17,18)16(9-4-2)12-5-6-12/h4,7,10,12,15H,2-3,5-6,8-9,11H2,1H3. The summed E-state index contributed by atoms with van der Waals surface area (Å²) in [6.45, 7) is 7.68. The predicted octanol–water partition coefficient (Wildman–Crippen LogP) is 2.59. The van der Waals surface area contributed by atoms with Crippen molar-refractivity contribution in [3.63, 3.8) is 0 Å². The van der Waals surface area contributed by atoms with E-state index in [1.54, 1.807) is 16.4 Å². The number of thiophene rings is 1. The Morgan fingerprint density at radius 3 is 2.90 bits per heavy atom. The van der Waals surface area contributed by atoms with Crippen LogP contribution >= 0.6 is 11.3 Å². The molecule has 0 atom stereocenters. The van der Waals surface area contributed by atoms with Crippen LogP contribution in [0.2, 0.25) is 0 Å². The molecule has 1 saturated carbocycles. The van der Waals surface area contributed by atoms with Crippen LogP contribution in [0.3, 0.4) is 0 Å². The molecule has 0 aliphatic heterocycles. The minimum Gasteiger partial charge on any atom is -0.312 e. The van der Waals surface area contributed by atoms with Gasteiger partial charge in [-0.05, 0) is 37.3 Å². The molecule has 0 bridgehead atoms. The lowest BCUT2D eigenvalue weighted by molar-refractivity contribution is 0.435. The monoisotopic (exact) mass is 314 g/mol. The van der Waals surface area contributed by atoms with Gasteiger partial charge in [-0.3, -0.25) is 0 Å². The highest BCUT2D eigenvalue weighted by molar-refractivity contribution is 7.89. The van der Waals surface area contributed by atoms with Gasteiger partial charge in [0, 0.05) is 24.0 Å². The second-order valence-electron chi connectivity index (χ2n) is 4.98. The summed E-state index contributed by atoms with van der Waals surface area (Å²) >= 11 is 1.50. The van der Waals surface area contributed by atoms with Crippen molar-refractivity contribution in [3.8, 4) is 0 Å². The van der Waals surface area contributed by atoms with Crippen LogP contribution in [0.1, 0.15) is 31.1 Å². The Balaban J connectivity index is 2.20. The van der Waals surface area contributed by atoms with Gasteiger partial charge in [-0.2, -0.15) is 4.31 Å². The molecular formula is C14H22N2O2S2. The van der Waals surface area contributed by atoms with Gasteiger partial charge < -0.3 is 5.32 Å². The molecule has 1 heterocycles. The molecule has 6 heteroatoms. The van der Waals surface area contributed by atoms with Gasteiger partial charge in [0.2, 0.25) is 10.0 Å². The molecule has 0 unspecified atom stereocenters. The van der Waals surface area contributed by atoms with Crippen LogP contribution in [0.4, 0.5) is 0 Å². The van der Waals surface area contributed by atoms with E-state index >= 15 is 0 Å². The summed E-state index contributed by atoms with van der Waals surface area (Å²) in [5.41, 5.74) is 0. The van der Waals surface area contributed by atoms with Gasteiger partial charge in [-0.1, -0.05) is 13.0 Å². The molecule has 0 spiro atoms. The summed E-state index contributed by atoms with van der Waals surface area (Å²) < 4.78 is 27.1. The molecule has 4 nitrogen and oxygen atoms in total. The summed E-state index contributed by atoms with van der Waals surface area (Å²) in [6, 6.07) is 1.89. The Hall–Kier alpha value is -0.690. The minimum atomic E-state index is -3.39. The second kappa shape index (κ2) is 6.85. The summed E-state index contributed by atoms with van der Waals surface area (Å²) in [7, 11) is -3.39. The lowest BCUT2D eigenvalue weighted by Gasteiger charge is -2.20. The molecule has 0 radical (unpaired) electrons. The number of hydrogen-bond donors (Lipinski definition) is 1. The Bertz CT molecular complexity index is 547. The van der Waals surface area contributed by atoms with Crippen molar-refractivity contribution in [2.75, 3.05) is 13.1 Å². The third-order valence-corrected chi connectivity index (χ3v) is 6.32. The first-order chi connectivity index (χ1) is 9.61. The highest BCUT2D eigenvalue weighted by Gasteiger charge is 2.38. The van der Waals surface area contributed by atoms with Crippen molar-refractivity contribution in [2.45, 2.75) is 43.7 Å². The highest BCUT2D eigenvalue weighted by atomic mass is 32.2. The van der Waals surface area contributed by atoms with Gasteiger partial charge in [-0.25, -0.2) is 8.42 Å². The third-order valence-electron chi connectivity index (χ3n) is 3.27.